The van der Waals surface area contributed by atoms with Crippen LogP contribution in [0, 0.1) is 6.92 Å². The number of amides is 1. The molecule has 7 heteroatoms. The predicted molar refractivity (Wildman–Crippen MR) is 66.8 cm³/mol. The molecular formula is C11H16N2O4S. The molecule has 1 aromatic rings. The molecule has 1 aromatic carbocycles. The number of primary sulfonamides is 1. The first-order chi connectivity index (χ1) is 8.36. The minimum absolute atomic E-state index is 0.0787. The Balaban J connectivity index is 2.97. The fraction of sp³-hybridized carbons (Fsp3) is 0.364. The molecule has 1 amide bonds. The highest BCUT2D eigenvalue weighted by Gasteiger charge is 2.14. The molecule has 6 nitrogen and oxygen atoms in total. The molecule has 0 fully saturated rings. The first kappa shape index (κ1) is 14.6. The summed E-state index contributed by atoms with van der Waals surface area (Å²) in [4.78, 5) is 11.7. The summed E-state index contributed by atoms with van der Waals surface area (Å²) in [5, 5.41) is 7.64. The van der Waals surface area contributed by atoms with Crippen molar-refractivity contribution < 1.29 is 17.9 Å². The van der Waals surface area contributed by atoms with E-state index in [4.69, 9.17) is 9.88 Å². The monoisotopic (exact) mass is 272 g/mol. The fourth-order valence-electron chi connectivity index (χ4n) is 1.38. The van der Waals surface area contributed by atoms with Crippen LogP contribution in [-0.4, -0.2) is 34.6 Å². The van der Waals surface area contributed by atoms with Gasteiger partial charge in [-0.15, -0.1) is 0 Å². The summed E-state index contributed by atoms with van der Waals surface area (Å²) in [7, 11) is -2.28. The predicted octanol–water partition coefficient (Wildman–Crippen LogP) is 0.0186. The number of sulfonamides is 1. The quantitative estimate of drug-likeness (QED) is 0.738. The van der Waals surface area contributed by atoms with Gasteiger partial charge >= 0.3 is 0 Å². The molecule has 0 aromatic heterocycles. The first-order valence-corrected chi connectivity index (χ1v) is 6.81. The largest absolute Gasteiger partial charge is 0.383 e. The zero-order valence-corrected chi connectivity index (χ0v) is 11.1. The number of aryl methyl sites for hydroxylation is 1. The summed E-state index contributed by atoms with van der Waals surface area (Å²) in [6.07, 6.45) is 0. The van der Waals surface area contributed by atoms with Crippen LogP contribution < -0.4 is 10.5 Å². The highest BCUT2D eigenvalue weighted by molar-refractivity contribution is 7.89. The summed E-state index contributed by atoms with van der Waals surface area (Å²) in [5.74, 6) is -0.352. The third-order valence-corrected chi connectivity index (χ3v) is 3.28. The molecule has 0 aliphatic heterocycles. The molecule has 100 valence electrons. The standard InChI is InChI=1S/C11H16N2O4S/c1-8-3-4-9(18(12,15)16)7-10(8)11(14)13-5-6-17-2/h3-4,7H,5-6H2,1-2H3,(H,13,14)(H2,12,15,16). The van der Waals surface area contributed by atoms with Crippen LogP contribution >= 0.6 is 0 Å². The van der Waals surface area contributed by atoms with Gasteiger partial charge in [0.05, 0.1) is 11.5 Å². The van der Waals surface area contributed by atoms with Crippen molar-refractivity contribution in [3.05, 3.63) is 29.3 Å². The topological polar surface area (TPSA) is 98.5 Å². The molecule has 3 N–H and O–H groups in total. The smallest absolute Gasteiger partial charge is 0.251 e. The molecule has 0 bridgehead atoms. The lowest BCUT2D eigenvalue weighted by Gasteiger charge is -2.08. The van der Waals surface area contributed by atoms with Crippen molar-refractivity contribution in [3.63, 3.8) is 0 Å². The molecule has 0 aliphatic rings. The zero-order valence-electron chi connectivity index (χ0n) is 10.3. The molecular weight excluding hydrogens is 256 g/mol. The molecule has 0 spiro atoms. The summed E-state index contributed by atoms with van der Waals surface area (Å²) in [6, 6.07) is 4.19. The summed E-state index contributed by atoms with van der Waals surface area (Å²) >= 11 is 0. The van der Waals surface area contributed by atoms with E-state index in [0.29, 0.717) is 18.7 Å². The number of carbonyl (C=O) groups is 1. The van der Waals surface area contributed by atoms with Crippen LogP contribution in [0.5, 0.6) is 0 Å². The van der Waals surface area contributed by atoms with E-state index in [0.717, 1.165) is 0 Å². The maximum Gasteiger partial charge on any atom is 0.251 e. The second-order valence-corrected chi connectivity index (χ2v) is 5.33. The Labute approximate surface area is 106 Å². The van der Waals surface area contributed by atoms with E-state index < -0.39 is 10.0 Å². The molecule has 0 saturated heterocycles. The van der Waals surface area contributed by atoms with Gasteiger partial charge in [-0.05, 0) is 24.6 Å². The fourth-order valence-corrected chi connectivity index (χ4v) is 1.92. The van der Waals surface area contributed by atoms with E-state index in [1.807, 2.05) is 0 Å². The maximum atomic E-state index is 11.8. The molecule has 0 radical (unpaired) electrons. The Morgan fingerprint density at radius 2 is 2.11 bits per heavy atom. The SMILES string of the molecule is COCCNC(=O)c1cc(S(N)(=O)=O)ccc1C. The second kappa shape index (κ2) is 5.94. The van der Waals surface area contributed by atoms with Crippen molar-refractivity contribution >= 4 is 15.9 Å². The van der Waals surface area contributed by atoms with Crippen LogP contribution in [-0.2, 0) is 14.8 Å². The van der Waals surface area contributed by atoms with Crippen molar-refractivity contribution in [2.45, 2.75) is 11.8 Å². The van der Waals surface area contributed by atoms with Gasteiger partial charge in [0.15, 0.2) is 0 Å². The number of hydrogen-bond acceptors (Lipinski definition) is 4. The molecule has 18 heavy (non-hydrogen) atoms. The van der Waals surface area contributed by atoms with Gasteiger partial charge in [-0.3, -0.25) is 4.79 Å². The van der Waals surface area contributed by atoms with Crippen molar-refractivity contribution in [3.8, 4) is 0 Å². The van der Waals surface area contributed by atoms with Crippen molar-refractivity contribution in [2.24, 2.45) is 5.14 Å². The van der Waals surface area contributed by atoms with Crippen molar-refractivity contribution in [2.75, 3.05) is 20.3 Å². The van der Waals surface area contributed by atoms with Crippen LogP contribution in [0.4, 0.5) is 0 Å². The van der Waals surface area contributed by atoms with Gasteiger partial charge < -0.3 is 10.1 Å². The number of hydrogen-bond donors (Lipinski definition) is 2. The van der Waals surface area contributed by atoms with E-state index >= 15 is 0 Å². The third kappa shape index (κ3) is 3.80. The third-order valence-electron chi connectivity index (χ3n) is 2.37. The average molecular weight is 272 g/mol. The number of ether oxygens (including phenoxy) is 1. The minimum atomic E-state index is -3.81. The van der Waals surface area contributed by atoms with Crippen LogP contribution in [0.1, 0.15) is 15.9 Å². The summed E-state index contributed by atoms with van der Waals surface area (Å²) in [6.45, 7) is 2.46. The van der Waals surface area contributed by atoms with Gasteiger partial charge in [0.2, 0.25) is 10.0 Å². The van der Waals surface area contributed by atoms with Crippen LogP contribution in [0.3, 0.4) is 0 Å². The molecule has 0 saturated carbocycles. The van der Waals surface area contributed by atoms with Gasteiger partial charge in [-0.25, -0.2) is 13.6 Å². The van der Waals surface area contributed by atoms with E-state index in [1.54, 1.807) is 13.0 Å². The van der Waals surface area contributed by atoms with Gasteiger partial charge in [0, 0.05) is 19.2 Å². The number of carbonyl (C=O) groups excluding carboxylic acids is 1. The van der Waals surface area contributed by atoms with Gasteiger partial charge in [-0.1, -0.05) is 6.07 Å². The first-order valence-electron chi connectivity index (χ1n) is 5.27. The molecule has 0 unspecified atom stereocenters. The highest BCUT2D eigenvalue weighted by Crippen LogP contribution is 2.14. The van der Waals surface area contributed by atoms with Crippen LogP contribution in [0.15, 0.2) is 23.1 Å². The lowest BCUT2D eigenvalue weighted by Crippen LogP contribution is -2.28. The molecule has 0 atom stereocenters. The Morgan fingerprint density at radius 3 is 2.67 bits per heavy atom. The Bertz CT molecular complexity index is 540. The van der Waals surface area contributed by atoms with E-state index in [1.165, 1.54) is 19.2 Å². The normalized spacial score (nSPS) is 11.3. The van der Waals surface area contributed by atoms with Crippen LogP contribution in [0.2, 0.25) is 0 Å². The maximum absolute atomic E-state index is 11.8. The second-order valence-electron chi connectivity index (χ2n) is 3.77. The number of benzene rings is 1. The molecule has 1 rings (SSSR count). The number of rotatable bonds is 5. The van der Waals surface area contributed by atoms with Gasteiger partial charge in [-0.2, -0.15) is 0 Å². The number of nitrogens with two attached hydrogens (primary N) is 1. The van der Waals surface area contributed by atoms with E-state index in [-0.39, 0.29) is 16.4 Å². The average Bonchev–Trinajstić information content (AvgIpc) is 2.28. The molecule has 0 aliphatic carbocycles. The van der Waals surface area contributed by atoms with E-state index in [9.17, 15) is 13.2 Å². The number of nitrogens with one attached hydrogen (secondary N) is 1. The van der Waals surface area contributed by atoms with Crippen molar-refractivity contribution in [1.29, 1.82) is 0 Å². The Kier molecular flexibility index (Phi) is 4.83. The zero-order chi connectivity index (χ0) is 13.8. The summed E-state index contributed by atoms with van der Waals surface area (Å²) < 4.78 is 27.2. The highest BCUT2D eigenvalue weighted by atomic mass is 32.2. The van der Waals surface area contributed by atoms with Crippen LogP contribution in [0.25, 0.3) is 0 Å². The number of methoxy groups -OCH3 is 1. The Morgan fingerprint density at radius 1 is 1.44 bits per heavy atom. The Hall–Kier alpha value is -1.44. The van der Waals surface area contributed by atoms with Crippen molar-refractivity contribution in [1.82, 2.24) is 5.32 Å². The minimum Gasteiger partial charge on any atom is -0.383 e. The molecule has 0 heterocycles. The van der Waals surface area contributed by atoms with E-state index in [2.05, 4.69) is 5.32 Å². The van der Waals surface area contributed by atoms with Gasteiger partial charge in [0.1, 0.15) is 0 Å². The van der Waals surface area contributed by atoms with Gasteiger partial charge in [0.25, 0.3) is 5.91 Å². The lowest BCUT2D eigenvalue weighted by atomic mass is 10.1. The summed E-state index contributed by atoms with van der Waals surface area (Å²) in [5.41, 5.74) is 0.968. The lowest BCUT2D eigenvalue weighted by molar-refractivity contribution is 0.0936.